The number of nitrogens with zero attached hydrogens (tertiary/aromatic N) is 2. The van der Waals surface area contributed by atoms with E-state index in [4.69, 9.17) is 0 Å². The van der Waals surface area contributed by atoms with Crippen LogP contribution in [0.2, 0.25) is 0 Å². The van der Waals surface area contributed by atoms with E-state index in [1.54, 1.807) is 7.05 Å². The first kappa shape index (κ1) is 21.1. The fourth-order valence-electron chi connectivity index (χ4n) is 3.98. The molecule has 1 saturated heterocycles. The van der Waals surface area contributed by atoms with Crippen molar-refractivity contribution in [2.24, 2.45) is 5.92 Å². The summed E-state index contributed by atoms with van der Waals surface area (Å²) < 4.78 is 0. The predicted molar refractivity (Wildman–Crippen MR) is 117 cm³/mol. The third kappa shape index (κ3) is 5.24. The number of carbonyl (C=O) groups is 2. The van der Waals surface area contributed by atoms with Gasteiger partial charge in [-0.3, -0.25) is 14.5 Å². The number of amides is 2. The quantitative estimate of drug-likeness (QED) is 0.821. The molecule has 1 aliphatic rings. The van der Waals surface area contributed by atoms with Gasteiger partial charge in [-0.1, -0.05) is 54.1 Å². The maximum absolute atomic E-state index is 13.2. The van der Waals surface area contributed by atoms with E-state index in [2.05, 4.69) is 53.5 Å². The number of hydrogen-bond acceptors (Lipinski definition) is 3. The van der Waals surface area contributed by atoms with Crippen molar-refractivity contribution in [3.05, 3.63) is 59.7 Å². The predicted octanol–water partition coefficient (Wildman–Crippen LogP) is 2.73. The highest BCUT2D eigenvalue weighted by molar-refractivity contribution is 5.81. The van der Waals surface area contributed by atoms with Crippen LogP contribution >= 0.6 is 0 Å². The van der Waals surface area contributed by atoms with Crippen molar-refractivity contribution in [1.29, 1.82) is 0 Å². The maximum atomic E-state index is 13.2. The second-order valence-corrected chi connectivity index (χ2v) is 7.75. The molecule has 2 aromatic carbocycles. The van der Waals surface area contributed by atoms with Gasteiger partial charge >= 0.3 is 0 Å². The molecule has 154 valence electrons. The van der Waals surface area contributed by atoms with Gasteiger partial charge in [0, 0.05) is 33.2 Å². The highest BCUT2D eigenvalue weighted by Crippen LogP contribution is 2.27. The Morgan fingerprint density at radius 1 is 1.10 bits per heavy atom. The molecule has 1 heterocycles. The van der Waals surface area contributed by atoms with Crippen molar-refractivity contribution < 1.29 is 9.59 Å². The Morgan fingerprint density at radius 3 is 2.52 bits per heavy atom. The van der Waals surface area contributed by atoms with Gasteiger partial charge in [0.05, 0.1) is 12.5 Å². The minimum atomic E-state index is -0.159. The van der Waals surface area contributed by atoms with Crippen LogP contribution < -0.4 is 5.32 Å². The van der Waals surface area contributed by atoms with Crippen LogP contribution in [0.15, 0.2) is 48.5 Å². The van der Waals surface area contributed by atoms with E-state index >= 15 is 0 Å². The summed E-state index contributed by atoms with van der Waals surface area (Å²) in [7, 11) is 1.65. The maximum Gasteiger partial charge on any atom is 0.233 e. The van der Waals surface area contributed by atoms with Gasteiger partial charge in [0.1, 0.15) is 0 Å². The van der Waals surface area contributed by atoms with Crippen LogP contribution in [-0.2, 0) is 16.0 Å². The van der Waals surface area contributed by atoms with Gasteiger partial charge in [-0.05, 0) is 37.0 Å². The standard InChI is InChI=1S/C24H31N3O2/c1-4-27-14-13-26(17-23(28)25-3)16-21(24(27)29)15-20-7-5-6-8-22(20)19-11-9-18(2)10-12-19/h5-12,21H,4,13-17H2,1-3H3,(H,25,28)/t21-/m0/s1. The topological polar surface area (TPSA) is 52.6 Å². The smallest absolute Gasteiger partial charge is 0.233 e. The van der Waals surface area contributed by atoms with E-state index in [1.165, 1.54) is 22.3 Å². The number of rotatable bonds is 6. The lowest BCUT2D eigenvalue weighted by molar-refractivity contribution is -0.134. The molecule has 3 rings (SSSR count). The monoisotopic (exact) mass is 393 g/mol. The third-order valence-electron chi connectivity index (χ3n) is 5.70. The number of likely N-dealkylation sites (N-methyl/N-ethyl adjacent to an activating group) is 2. The van der Waals surface area contributed by atoms with Gasteiger partial charge < -0.3 is 10.2 Å². The van der Waals surface area contributed by atoms with Crippen molar-refractivity contribution in [2.45, 2.75) is 20.3 Å². The number of benzene rings is 2. The van der Waals surface area contributed by atoms with Crippen LogP contribution in [0, 0.1) is 12.8 Å². The number of nitrogens with one attached hydrogen (secondary N) is 1. The third-order valence-corrected chi connectivity index (χ3v) is 5.70. The second kappa shape index (κ2) is 9.70. The molecule has 0 saturated carbocycles. The molecular weight excluding hydrogens is 362 g/mol. The van der Waals surface area contributed by atoms with Crippen molar-refractivity contribution in [3.8, 4) is 11.1 Å². The van der Waals surface area contributed by atoms with E-state index in [0.29, 0.717) is 32.6 Å². The van der Waals surface area contributed by atoms with Gasteiger partial charge in [0.25, 0.3) is 0 Å². The van der Waals surface area contributed by atoms with Crippen LogP contribution in [0.3, 0.4) is 0 Å². The Bertz CT molecular complexity index is 847. The molecular formula is C24H31N3O2. The molecule has 2 aromatic rings. The molecule has 1 atom stereocenters. The summed E-state index contributed by atoms with van der Waals surface area (Å²) in [6, 6.07) is 16.8. The molecule has 1 fully saturated rings. The van der Waals surface area contributed by atoms with Crippen LogP contribution in [0.5, 0.6) is 0 Å². The van der Waals surface area contributed by atoms with E-state index < -0.39 is 0 Å². The summed E-state index contributed by atoms with van der Waals surface area (Å²) in [5.41, 5.74) is 4.74. The number of hydrogen-bond donors (Lipinski definition) is 1. The Labute approximate surface area is 173 Å². The zero-order chi connectivity index (χ0) is 20.8. The van der Waals surface area contributed by atoms with Gasteiger partial charge in [-0.25, -0.2) is 0 Å². The van der Waals surface area contributed by atoms with Crippen LogP contribution in [-0.4, -0.2) is 61.4 Å². The summed E-state index contributed by atoms with van der Waals surface area (Å²) in [6.45, 7) is 7.13. The summed E-state index contributed by atoms with van der Waals surface area (Å²) in [6.07, 6.45) is 0.670. The average molecular weight is 394 g/mol. The summed E-state index contributed by atoms with van der Waals surface area (Å²) >= 11 is 0. The molecule has 0 bridgehead atoms. The Morgan fingerprint density at radius 2 is 1.83 bits per heavy atom. The lowest BCUT2D eigenvalue weighted by Gasteiger charge is -2.24. The van der Waals surface area contributed by atoms with Crippen molar-refractivity contribution in [1.82, 2.24) is 15.1 Å². The molecule has 0 aliphatic carbocycles. The lowest BCUT2D eigenvalue weighted by Crippen LogP contribution is -2.39. The molecule has 29 heavy (non-hydrogen) atoms. The van der Waals surface area contributed by atoms with Crippen LogP contribution in [0.4, 0.5) is 0 Å². The Balaban J connectivity index is 1.87. The minimum Gasteiger partial charge on any atom is -0.358 e. The number of aryl methyl sites for hydroxylation is 1. The summed E-state index contributed by atoms with van der Waals surface area (Å²) in [5.74, 6) is 0.0144. The fraction of sp³-hybridized carbons (Fsp3) is 0.417. The highest BCUT2D eigenvalue weighted by atomic mass is 16.2. The fourth-order valence-corrected chi connectivity index (χ4v) is 3.98. The lowest BCUT2D eigenvalue weighted by atomic mass is 9.91. The molecule has 0 aromatic heterocycles. The first-order valence-corrected chi connectivity index (χ1v) is 10.4. The zero-order valence-corrected chi connectivity index (χ0v) is 17.6. The van der Waals surface area contributed by atoms with Crippen molar-refractivity contribution in [2.75, 3.05) is 39.8 Å². The summed E-state index contributed by atoms with van der Waals surface area (Å²) in [5, 5.41) is 2.69. The second-order valence-electron chi connectivity index (χ2n) is 7.75. The normalized spacial score (nSPS) is 17.8. The van der Waals surface area contributed by atoms with Gasteiger partial charge in [0.15, 0.2) is 0 Å². The SMILES string of the molecule is CCN1CCN(CC(=O)NC)C[C@H](Cc2ccccc2-c2ccc(C)cc2)C1=O. The van der Waals surface area contributed by atoms with Crippen molar-refractivity contribution >= 4 is 11.8 Å². The highest BCUT2D eigenvalue weighted by Gasteiger charge is 2.30. The summed E-state index contributed by atoms with van der Waals surface area (Å²) in [4.78, 5) is 29.1. The van der Waals surface area contributed by atoms with Crippen molar-refractivity contribution in [3.63, 3.8) is 0 Å². The molecule has 0 unspecified atom stereocenters. The van der Waals surface area contributed by atoms with Gasteiger partial charge in [0.2, 0.25) is 11.8 Å². The Hall–Kier alpha value is -2.66. The van der Waals surface area contributed by atoms with E-state index in [-0.39, 0.29) is 17.7 Å². The molecule has 1 N–H and O–H groups in total. The first-order valence-electron chi connectivity index (χ1n) is 10.4. The Kier molecular flexibility index (Phi) is 7.04. The molecule has 5 nitrogen and oxygen atoms in total. The van der Waals surface area contributed by atoms with E-state index in [9.17, 15) is 9.59 Å². The molecule has 5 heteroatoms. The molecule has 1 aliphatic heterocycles. The van der Waals surface area contributed by atoms with E-state index in [1.807, 2.05) is 24.0 Å². The molecule has 2 amide bonds. The average Bonchev–Trinajstić information content (AvgIpc) is 2.88. The minimum absolute atomic E-state index is 0.0128. The van der Waals surface area contributed by atoms with Gasteiger partial charge in [-0.2, -0.15) is 0 Å². The van der Waals surface area contributed by atoms with Crippen LogP contribution in [0.1, 0.15) is 18.1 Å². The van der Waals surface area contributed by atoms with Crippen LogP contribution in [0.25, 0.3) is 11.1 Å². The first-order chi connectivity index (χ1) is 14.0. The number of carbonyl (C=O) groups excluding carboxylic acids is 2. The largest absolute Gasteiger partial charge is 0.358 e. The molecule has 0 spiro atoms. The van der Waals surface area contributed by atoms with E-state index in [0.717, 1.165) is 6.54 Å². The molecule has 0 radical (unpaired) electrons. The van der Waals surface area contributed by atoms with Gasteiger partial charge in [-0.15, -0.1) is 0 Å². The zero-order valence-electron chi connectivity index (χ0n) is 17.6.